The van der Waals surface area contributed by atoms with Crippen LogP contribution in [0.1, 0.15) is 36.0 Å². The summed E-state index contributed by atoms with van der Waals surface area (Å²) in [7, 11) is 0. The number of ether oxygens (including phenoxy) is 1. The molecule has 7 heteroatoms. The van der Waals surface area contributed by atoms with Crippen LogP contribution in [0.2, 0.25) is 5.02 Å². The van der Waals surface area contributed by atoms with Gasteiger partial charge in [0.1, 0.15) is 11.6 Å². The Hall–Kier alpha value is -2.47. The number of carbonyl (C=O) groups is 1. The molecule has 0 radical (unpaired) electrons. The summed E-state index contributed by atoms with van der Waals surface area (Å²) in [5, 5.41) is 0.566. The predicted octanol–water partition coefficient (Wildman–Crippen LogP) is 5.60. The van der Waals surface area contributed by atoms with Gasteiger partial charge in [0.2, 0.25) is 0 Å². The summed E-state index contributed by atoms with van der Waals surface area (Å²) in [6, 6.07) is 13.0. The number of ketones is 1. The molecule has 2 aromatic carbocycles. The van der Waals surface area contributed by atoms with Crippen LogP contribution in [0, 0.1) is 0 Å². The van der Waals surface area contributed by atoms with Gasteiger partial charge >= 0.3 is 6.61 Å². The second kappa shape index (κ2) is 9.64. The number of nitrogens with zero attached hydrogens (tertiary/aromatic N) is 2. The van der Waals surface area contributed by atoms with Crippen LogP contribution in [-0.2, 0) is 0 Å². The number of Topliss-reactive ketones (excluding diaryl/α,β-unsaturated/α-hetero) is 1. The van der Waals surface area contributed by atoms with E-state index in [0.717, 1.165) is 31.5 Å². The quantitative estimate of drug-likeness (QED) is 0.586. The third-order valence-corrected chi connectivity index (χ3v) is 4.76. The van der Waals surface area contributed by atoms with Gasteiger partial charge in [-0.2, -0.15) is 8.78 Å². The standard InChI is InChI=1S/C21H21ClF2N2O2/c22-16-7-5-15(6-8-16)19(27)14-26(20-4-2-1-3-13-25-20)17-9-11-18(12-10-17)28-21(23)24/h5-12,21H,1-4,13-14H2. The number of anilines is 1. The van der Waals surface area contributed by atoms with Crippen molar-refractivity contribution in [1.82, 2.24) is 0 Å². The Morgan fingerprint density at radius 2 is 1.79 bits per heavy atom. The van der Waals surface area contributed by atoms with E-state index in [9.17, 15) is 13.6 Å². The maximum atomic E-state index is 12.8. The van der Waals surface area contributed by atoms with Crippen molar-refractivity contribution >= 4 is 28.9 Å². The first-order chi connectivity index (χ1) is 13.5. The number of hydrogen-bond donors (Lipinski definition) is 0. The molecule has 2 aromatic rings. The Labute approximate surface area is 167 Å². The normalized spacial score (nSPS) is 14.4. The molecule has 0 fully saturated rings. The third kappa shape index (κ3) is 5.52. The van der Waals surface area contributed by atoms with Gasteiger partial charge in [0.05, 0.1) is 6.54 Å². The van der Waals surface area contributed by atoms with Gasteiger partial charge in [0.15, 0.2) is 5.78 Å². The van der Waals surface area contributed by atoms with Crippen LogP contribution in [0.25, 0.3) is 0 Å². The summed E-state index contributed by atoms with van der Waals surface area (Å²) in [6.45, 7) is -2.05. The summed E-state index contributed by atoms with van der Waals surface area (Å²) in [4.78, 5) is 19.3. The third-order valence-electron chi connectivity index (χ3n) is 4.51. The van der Waals surface area contributed by atoms with Gasteiger partial charge in [-0.1, -0.05) is 18.0 Å². The van der Waals surface area contributed by atoms with Gasteiger partial charge in [-0.15, -0.1) is 0 Å². The van der Waals surface area contributed by atoms with E-state index in [4.69, 9.17) is 11.6 Å². The van der Waals surface area contributed by atoms with Crippen molar-refractivity contribution in [1.29, 1.82) is 0 Å². The molecule has 0 aromatic heterocycles. The van der Waals surface area contributed by atoms with Crippen LogP contribution < -0.4 is 9.64 Å². The molecule has 148 valence electrons. The lowest BCUT2D eigenvalue weighted by molar-refractivity contribution is -0.0498. The minimum Gasteiger partial charge on any atom is -0.435 e. The summed E-state index contributed by atoms with van der Waals surface area (Å²) in [5.41, 5.74) is 1.27. The first kappa shape index (κ1) is 20.3. The van der Waals surface area contributed by atoms with Crippen molar-refractivity contribution in [2.45, 2.75) is 32.3 Å². The molecule has 0 aliphatic carbocycles. The van der Waals surface area contributed by atoms with E-state index in [-0.39, 0.29) is 18.1 Å². The molecule has 28 heavy (non-hydrogen) atoms. The molecule has 0 saturated heterocycles. The molecule has 0 spiro atoms. The fraction of sp³-hybridized carbons (Fsp3) is 0.333. The lowest BCUT2D eigenvalue weighted by Gasteiger charge is -2.26. The van der Waals surface area contributed by atoms with Gasteiger partial charge in [-0.05, 0) is 61.4 Å². The Bertz CT molecular complexity index is 823. The molecule has 0 N–H and O–H groups in total. The average molecular weight is 407 g/mol. The highest BCUT2D eigenvalue weighted by Gasteiger charge is 2.20. The Morgan fingerprint density at radius 3 is 2.46 bits per heavy atom. The second-order valence-electron chi connectivity index (χ2n) is 6.50. The van der Waals surface area contributed by atoms with Crippen LogP contribution in [0.15, 0.2) is 53.5 Å². The van der Waals surface area contributed by atoms with Crippen LogP contribution in [0.4, 0.5) is 14.5 Å². The lowest BCUT2D eigenvalue weighted by atomic mass is 10.1. The van der Waals surface area contributed by atoms with Crippen LogP contribution >= 0.6 is 11.6 Å². The maximum absolute atomic E-state index is 12.8. The first-order valence-corrected chi connectivity index (χ1v) is 9.55. The number of rotatable bonds is 6. The van der Waals surface area contributed by atoms with Gasteiger partial charge in [-0.3, -0.25) is 9.79 Å². The monoisotopic (exact) mass is 406 g/mol. The summed E-state index contributed by atoms with van der Waals surface area (Å²) >= 11 is 5.90. The highest BCUT2D eigenvalue weighted by Crippen LogP contribution is 2.24. The number of halogens is 3. The number of carbonyl (C=O) groups excluding carboxylic acids is 1. The van der Waals surface area contributed by atoms with Crippen molar-refractivity contribution in [2.75, 3.05) is 18.0 Å². The van der Waals surface area contributed by atoms with Gasteiger partial charge in [0, 0.05) is 29.2 Å². The zero-order valence-corrected chi connectivity index (χ0v) is 16.0. The molecular weight excluding hydrogens is 386 g/mol. The molecule has 1 heterocycles. The molecule has 1 aliphatic rings. The second-order valence-corrected chi connectivity index (χ2v) is 6.93. The predicted molar refractivity (Wildman–Crippen MR) is 107 cm³/mol. The van der Waals surface area contributed by atoms with Gasteiger partial charge < -0.3 is 9.64 Å². The topological polar surface area (TPSA) is 41.9 Å². The number of hydrogen-bond acceptors (Lipinski definition) is 4. The van der Waals surface area contributed by atoms with Crippen molar-refractivity contribution < 1.29 is 18.3 Å². The van der Waals surface area contributed by atoms with Crippen LogP contribution in [-0.4, -0.2) is 31.3 Å². The van der Waals surface area contributed by atoms with E-state index in [1.54, 1.807) is 36.4 Å². The minimum atomic E-state index is -2.88. The SMILES string of the molecule is O=C(CN(C1=NCCCCC1)c1ccc(OC(F)F)cc1)c1ccc(Cl)cc1. The molecule has 4 nitrogen and oxygen atoms in total. The molecule has 1 aliphatic heterocycles. The van der Waals surface area contributed by atoms with E-state index in [0.29, 0.717) is 22.8 Å². The van der Waals surface area contributed by atoms with E-state index in [2.05, 4.69) is 9.73 Å². The zero-order valence-electron chi connectivity index (χ0n) is 15.3. The molecule has 3 rings (SSSR count). The van der Waals surface area contributed by atoms with Gasteiger partial charge in [-0.25, -0.2) is 0 Å². The van der Waals surface area contributed by atoms with E-state index < -0.39 is 6.61 Å². The Morgan fingerprint density at radius 1 is 1.07 bits per heavy atom. The van der Waals surface area contributed by atoms with E-state index in [1.165, 1.54) is 12.1 Å². The van der Waals surface area contributed by atoms with Crippen molar-refractivity contribution in [3.05, 3.63) is 59.1 Å². The van der Waals surface area contributed by atoms with Crippen molar-refractivity contribution in [3.8, 4) is 5.75 Å². The molecular formula is C21H21ClF2N2O2. The first-order valence-electron chi connectivity index (χ1n) is 9.17. The molecule has 0 atom stereocenters. The Balaban J connectivity index is 1.85. The smallest absolute Gasteiger partial charge is 0.387 e. The summed E-state index contributed by atoms with van der Waals surface area (Å²) < 4.78 is 29.2. The maximum Gasteiger partial charge on any atom is 0.387 e. The molecule has 0 bridgehead atoms. The molecule has 0 unspecified atom stereocenters. The fourth-order valence-electron chi connectivity index (χ4n) is 3.09. The van der Waals surface area contributed by atoms with Crippen LogP contribution in [0.5, 0.6) is 5.75 Å². The van der Waals surface area contributed by atoms with Crippen molar-refractivity contribution in [3.63, 3.8) is 0 Å². The minimum absolute atomic E-state index is 0.0727. The fourth-order valence-corrected chi connectivity index (χ4v) is 3.21. The van der Waals surface area contributed by atoms with E-state index >= 15 is 0 Å². The average Bonchev–Trinajstić information content (AvgIpc) is 2.96. The summed E-state index contributed by atoms with van der Waals surface area (Å²) in [5.74, 6) is 0.837. The van der Waals surface area contributed by atoms with E-state index in [1.807, 2.05) is 4.90 Å². The van der Waals surface area contributed by atoms with Crippen molar-refractivity contribution in [2.24, 2.45) is 4.99 Å². The molecule has 0 saturated carbocycles. The molecule has 0 amide bonds. The lowest BCUT2D eigenvalue weighted by Crippen LogP contribution is -2.36. The highest BCUT2D eigenvalue weighted by atomic mass is 35.5. The number of amidine groups is 1. The van der Waals surface area contributed by atoms with Gasteiger partial charge in [0.25, 0.3) is 0 Å². The highest BCUT2D eigenvalue weighted by molar-refractivity contribution is 6.30. The zero-order chi connectivity index (χ0) is 19.9. The largest absolute Gasteiger partial charge is 0.435 e. The Kier molecular flexibility index (Phi) is 6.98. The van der Waals surface area contributed by atoms with Crippen LogP contribution in [0.3, 0.4) is 0 Å². The number of benzene rings is 2. The number of alkyl halides is 2. The number of aliphatic imine (C=N–C) groups is 1. The summed E-state index contributed by atoms with van der Waals surface area (Å²) in [6.07, 6.45) is 3.87.